The molecule has 2 atom stereocenters. The summed E-state index contributed by atoms with van der Waals surface area (Å²) in [6, 6.07) is 12.1. The van der Waals surface area contributed by atoms with Crippen LogP contribution in [0.3, 0.4) is 0 Å². The minimum absolute atomic E-state index is 0.120. The molecule has 1 N–H and O–H groups in total. The third kappa shape index (κ3) is 5.02. The monoisotopic (exact) mass is 545 g/mol. The molecule has 2 aliphatic heterocycles. The van der Waals surface area contributed by atoms with E-state index in [1.54, 1.807) is 11.3 Å². The van der Waals surface area contributed by atoms with Crippen LogP contribution < -0.4 is 9.64 Å². The van der Waals surface area contributed by atoms with Crippen molar-refractivity contribution in [3.63, 3.8) is 0 Å². The van der Waals surface area contributed by atoms with Crippen molar-refractivity contribution in [2.75, 3.05) is 31.1 Å². The minimum atomic E-state index is -0.646. The summed E-state index contributed by atoms with van der Waals surface area (Å²) >= 11 is 1.60. The van der Waals surface area contributed by atoms with Gasteiger partial charge in [0.15, 0.2) is 5.13 Å². The van der Waals surface area contributed by atoms with E-state index >= 15 is 0 Å². The molecule has 0 spiro atoms. The lowest BCUT2D eigenvalue weighted by atomic mass is 9.96. The Hall–Kier alpha value is -3.39. The van der Waals surface area contributed by atoms with Gasteiger partial charge in [-0.05, 0) is 87.3 Å². The lowest BCUT2D eigenvalue weighted by molar-refractivity contribution is -0.144. The summed E-state index contributed by atoms with van der Waals surface area (Å²) in [6.45, 7) is 7.67. The number of carbonyl (C=O) groups excluding carboxylic acids is 1. The van der Waals surface area contributed by atoms with Gasteiger partial charge in [-0.1, -0.05) is 17.7 Å². The molecule has 0 radical (unpaired) electrons. The quantitative estimate of drug-likeness (QED) is 0.396. The molecule has 39 heavy (non-hydrogen) atoms. The maximum absolute atomic E-state index is 12.9. The molecule has 1 aromatic heterocycles. The van der Waals surface area contributed by atoms with Crippen LogP contribution in [0.4, 0.5) is 5.13 Å². The standard InChI is InChI=1S/C31H35N3O4S/c1-20-6-9-27(38-18-23-8-7-22(15-21(23)2)28(35)33-11-4-3-5-12-33)25(14-20)26-19-39-30(32-26)34-13-10-31(29(36)37)16-24(31)17-34/h6-9,14-15,19,24H,3-5,10-13,16-18H2,1-2H3,(H,36,37)/t24?,31-/m1/s1. The number of nitrogens with zero attached hydrogens (tertiary/aromatic N) is 3. The van der Waals surface area contributed by atoms with Crippen LogP contribution in [0.5, 0.6) is 5.75 Å². The number of aromatic nitrogens is 1. The van der Waals surface area contributed by atoms with Crippen LogP contribution in [0.15, 0.2) is 41.8 Å². The van der Waals surface area contributed by atoms with Crippen molar-refractivity contribution in [1.82, 2.24) is 9.88 Å². The van der Waals surface area contributed by atoms with Gasteiger partial charge in [-0.3, -0.25) is 9.59 Å². The van der Waals surface area contributed by atoms with Gasteiger partial charge in [0.2, 0.25) is 0 Å². The highest BCUT2D eigenvalue weighted by Gasteiger charge is 2.62. The Morgan fingerprint density at radius 2 is 1.92 bits per heavy atom. The van der Waals surface area contributed by atoms with Gasteiger partial charge in [0.25, 0.3) is 5.91 Å². The molecule has 3 aromatic rings. The number of carboxylic acid groups (broad SMARTS) is 1. The van der Waals surface area contributed by atoms with Crippen LogP contribution in [0.25, 0.3) is 11.3 Å². The first-order chi connectivity index (χ1) is 18.8. The Balaban J connectivity index is 1.15. The van der Waals surface area contributed by atoms with Gasteiger partial charge < -0.3 is 19.6 Å². The molecule has 3 fully saturated rings. The molecule has 0 bridgehead atoms. The third-order valence-corrected chi connectivity index (χ3v) is 9.62. The van der Waals surface area contributed by atoms with Crippen molar-refractivity contribution in [1.29, 1.82) is 0 Å². The van der Waals surface area contributed by atoms with Gasteiger partial charge >= 0.3 is 5.97 Å². The Kier molecular flexibility index (Phi) is 6.83. The highest BCUT2D eigenvalue weighted by Crippen LogP contribution is 2.58. The van der Waals surface area contributed by atoms with E-state index in [-0.39, 0.29) is 11.8 Å². The van der Waals surface area contributed by atoms with E-state index in [1.807, 2.05) is 42.2 Å². The Morgan fingerprint density at radius 1 is 1.10 bits per heavy atom. The molecule has 1 aliphatic carbocycles. The lowest BCUT2D eigenvalue weighted by Crippen LogP contribution is -2.37. The normalized spacial score (nSPS) is 22.4. The number of carboxylic acids is 1. The maximum Gasteiger partial charge on any atom is 0.310 e. The van der Waals surface area contributed by atoms with Crippen molar-refractivity contribution < 1.29 is 19.4 Å². The number of aryl methyl sites for hydroxylation is 2. The number of likely N-dealkylation sites (tertiary alicyclic amines) is 1. The summed E-state index contributed by atoms with van der Waals surface area (Å²) in [5, 5.41) is 12.6. The van der Waals surface area contributed by atoms with Crippen molar-refractivity contribution in [2.24, 2.45) is 11.3 Å². The van der Waals surface area contributed by atoms with Gasteiger partial charge in [-0.25, -0.2) is 4.98 Å². The van der Waals surface area contributed by atoms with Gasteiger partial charge in [-0.2, -0.15) is 0 Å². The lowest BCUT2D eigenvalue weighted by Gasteiger charge is -2.29. The summed E-state index contributed by atoms with van der Waals surface area (Å²) in [4.78, 5) is 33.7. The van der Waals surface area contributed by atoms with Crippen LogP contribution in [0.1, 0.15) is 59.2 Å². The highest BCUT2D eigenvalue weighted by molar-refractivity contribution is 7.14. The first-order valence-electron chi connectivity index (χ1n) is 13.9. The smallest absolute Gasteiger partial charge is 0.310 e. The molecule has 1 saturated carbocycles. The predicted molar refractivity (Wildman–Crippen MR) is 153 cm³/mol. The largest absolute Gasteiger partial charge is 0.488 e. The average molecular weight is 546 g/mol. The Bertz CT molecular complexity index is 1410. The summed E-state index contributed by atoms with van der Waals surface area (Å²) in [6.07, 6.45) is 4.83. The zero-order valence-electron chi connectivity index (χ0n) is 22.6. The summed E-state index contributed by atoms with van der Waals surface area (Å²) in [7, 11) is 0. The second-order valence-corrected chi connectivity index (χ2v) is 12.2. The van der Waals surface area contributed by atoms with E-state index in [0.29, 0.717) is 13.0 Å². The third-order valence-electron chi connectivity index (χ3n) is 8.72. The number of piperidine rings is 2. The molecular weight excluding hydrogens is 510 g/mol. The molecular formula is C31H35N3O4S. The number of benzene rings is 2. The molecule has 6 rings (SSSR count). The molecule has 3 heterocycles. The number of aliphatic carboxylic acids is 1. The fourth-order valence-electron chi connectivity index (χ4n) is 6.09. The first kappa shape index (κ1) is 25.9. The van der Waals surface area contributed by atoms with Crippen LogP contribution >= 0.6 is 11.3 Å². The van der Waals surface area contributed by atoms with Crippen molar-refractivity contribution >= 4 is 28.3 Å². The second kappa shape index (κ2) is 10.3. The number of ether oxygens (including phenoxy) is 1. The van der Waals surface area contributed by atoms with E-state index in [1.165, 1.54) is 6.42 Å². The summed E-state index contributed by atoms with van der Waals surface area (Å²) < 4.78 is 6.34. The average Bonchev–Trinajstić information content (AvgIpc) is 3.50. The van der Waals surface area contributed by atoms with Crippen LogP contribution in [0, 0.1) is 25.2 Å². The van der Waals surface area contributed by atoms with Gasteiger partial charge in [0.05, 0.1) is 11.1 Å². The molecule has 3 aliphatic rings. The highest BCUT2D eigenvalue weighted by atomic mass is 32.1. The molecule has 204 valence electrons. The fraction of sp³-hybridized carbons (Fsp3) is 0.452. The molecule has 2 aromatic carbocycles. The molecule has 2 saturated heterocycles. The first-order valence-corrected chi connectivity index (χ1v) is 14.8. The van der Waals surface area contributed by atoms with E-state index in [4.69, 9.17) is 9.72 Å². The fourth-order valence-corrected chi connectivity index (χ4v) is 6.95. The van der Waals surface area contributed by atoms with Crippen LogP contribution in [-0.2, 0) is 11.4 Å². The van der Waals surface area contributed by atoms with E-state index in [0.717, 1.165) is 89.8 Å². The number of hydrogen-bond donors (Lipinski definition) is 1. The topological polar surface area (TPSA) is 83.0 Å². The van der Waals surface area contributed by atoms with Crippen molar-refractivity contribution in [3.8, 4) is 17.0 Å². The molecule has 7 nitrogen and oxygen atoms in total. The second-order valence-electron chi connectivity index (χ2n) is 11.4. The van der Waals surface area contributed by atoms with Gasteiger partial charge in [0.1, 0.15) is 12.4 Å². The minimum Gasteiger partial charge on any atom is -0.488 e. The Morgan fingerprint density at radius 3 is 2.67 bits per heavy atom. The number of rotatable bonds is 7. The Labute approximate surface area is 233 Å². The van der Waals surface area contributed by atoms with Crippen molar-refractivity contribution in [2.45, 2.75) is 52.6 Å². The predicted octanol–water partition coefficient (Wildman–Crippen LogP) is 5.93. The number of thiazole rings is 1. The SMILES string of the molecule is Cc1ccc(OCc2ccc(C(=O)N3CCCCC3)cc2C)c(-c2csc(N3CC[C@@]4(C(=O)O)CC4C3)n2)c1. The maximum atomic E-state index is 12.9. The van der Waals surface area contributed by atoms with E-state index in [9.17, 15) is 14.7 Å². The molecule has 1 amide bonds. The number of hydrogen-bond acceptors (Lipinski definition) is 6. The number of anilines is 1. The van der Waals surface area contributed by atoms with Crippen LogP contribution in [-0.4, -0.2) is 53.0 Å². The zero-order chi connectivity index (χ0) is 27.1. The zero-order valence-corrected chi connectivity index (χ0v) is 23.4. The molecule has 1 unspecified atom stereocenters. The number of amides is 1. The van der Waals surface area contributed by atoms with Crippen molar-refractivity contribution in [3.05, 3.63) is 64.0 Å². The number of fused-ring (bicyclic) bond motifs is 1. The number of carbonyl (C=O) groups is 2. The van der Waals surface area contributed by atoms with Gasteiger partial charge in [-0.15, -0.1) is 11.3 Å². The summed E-state index contributed by atoms with van der Waals surface area (Å²) in [5.41, 5.74) is 5.31. The van der Waals surface area contributed by atoms with Crippen LogP contribution in [0.2, 0.25) is 0 Å². The van der Waals surface area contributed by atoms with E-state index in [2.05, 4.69) is 23.3 Å². The van der Waals surface area contributed by atoms with E-state index < -0.39 is 11.4 Å². The summed E-state index contributed by atoms with van der Waals surface area (Å²) in [5.74, 6) is 0.469. The molecule has 8 heteroatoms. The van der Waals surface area contributed by atoms with Gasteiger partial charge in [0, 0.05) is 42.7 Å².